The van der Waals surface area contributed by atoms with E-state index in [1.807, 2.05) is 37.3 Å². The number of nitrogens with one attached hydrogen (secondary N) is 2. The SMILES string of the molecule is C=C(C)COc1ccccc1NC(=S)NC(=O)c1ccccc1Br. The van der Waals surface area contributed by atoms with Crippen LogP contribution in [0.25, 0.3) is 0 Å². The van der Waals surface area contributed by atoms with Crippen molar-refractivity contribution in [2.45, 2.75) is 6.92 Å². The third-order valence-electron chi connectivity index (χ3n) is 2.95. The van der Waals surface area contributed by atoms with Gasteiger partial charge in [-0.2, -0.15) is 0 Å². The molecule has 0 aliphatic rings. The molecule has 0 aromatic heterocycles. The van der Waals surface area contributed by atoms with Gasteiger partial charge in [-0.05, 0) is 64.9 Å². The quantitative estimate of drug-likeness (QED) is 0.567. The fraction of sp³-hybridized carbons (Fsp3) is 0.111. The molecule has 0 saturated heterocycles. The van der Waals surface area contributed by atoms with Crippen LogP contribution < -0.4 is 15.4 Å². The van der Waals surface area contributed by atoms with E-state index in [2.05, 4.69) is 33.1 Å². The van der Waals surface area contributed by atoms with Crippen molar-refractivity contribution in [2.75, 3.05) is 11.9 Å². The second kappa shape index (κ2) is 8.61. The van der Waals surface area contributed by atoms with E-state index in [1.54, 1.807) is 18.2 Å². The Bertz CT molecular complexity index is 777. The lowest BCUT2D eigenvalue weighted by atomic mass is 10.2. The molecular formula is C18H17BrN2O2S. The zero-order valence-corrected chi connectivity index (χ0v) is 15.5. The van der Waals surface area contributed by atoms with Crippen molar-refractivity contribution in [2.24, 2.45) is 0 Å². The number of hydrogen-bond donors (Lipinski definition) is 2. The molecule has 1 amide bonds. The van der Waals surface area contributed by atoms with Gasteiger partial charge in [0.15, 0.2) is 5.11 Å². The standard InChI is InChI=1S/C18H17BrN2O2S/c1-12(2)11-23-16-10-6-5-9-15(16)20-18(24)21-17(22)13-7-3-4-8-14(13)19/h3-10H,1,11H2,2H3,(H2,20,21,22,24). The van der Waals surface area contributed by atoms with Crippen LogP contribution in [-0.2, 0) is 0 Å². The summed E-state index contributed by atoms with van der Waals surface area (Å²) in [6.07, 6.45) is 0. The topological polar surface area (TPSA) is 50.4 Å². The van der Waals surface area contributed by atoms with Crippen LogP contribution in [0.5, 0.6) is 5.75 Å². The smallest absolute Gasteiger partial charge is 0.258 e. The van der Waals surface area contributed by atoms with Gasteiger partial charge in [-0.25, -0.2) is 0 Å². The molecular weight excluding hydrogens is 388 g/mol. The molecule has 0 atom stereocenters. The molecule has 124 valence electrons. The summed E-state index contributed by atoms with van der Waals surface area (Å²) >= 11 is 8.57. The highest BCUT2D eigenvalue weighted by Crippen LogP contribution is 2.24. The molecule has 2 N–H and O–H groups in total. The van der Waals surface area contributed by atoms with E-state index in [4.69, 9.17) is 17.0 Å². The number of halogens is 1. The van der Waals surface area contributed by atoms with Gasteiger partial charge in [0.25, 0.3) is 5.91 Å². The minimum absolute atomic E-state index is 0.196. The van der Waals surface area contributed by atoms with E-state index in [0.29, 0.717) is 28.1 Å². The molecule has 0 radical (unpaired) electrons. The monoisotopic (exact) mass is 404 g/mol. The maximum atomic E-state index is 12.3. The Labute approximate surface area is 155 Å². The Hall–Kier alpha value is -2.18. The number of hydrogen-bond acceptors (Lipinski definition) is 3. The van der Waals surface area contributed by atoms with Crippen LogP contribution in [0.3, 0.4) is 0 Å². The van der Waals surface area contributed by atoms with E-state index < -0.39 is 0 Å². The molecule has 24 heavy (non-hydrogen) atoms. The number of benzene rings is 2. The summed E-state index contributed by atoms with van der Waals surface area (Å²) < 4.78 is 6.37. The van der Waals surface area contributed by atoms with Crippen LogP contribution >= 0.6 is 28.1 Å². The summed E-state index contributed by atoms with van der Waals surface area (Å²) in [6, 6.07) is 14.5. The van der Waals surface area contributed by atoms with Crippen LogP contribution in [0.1, 0.15) is 17.3 Å². The van der Waals surface area contributed by atoms with Crippen LogP contribution in [0, 0.1) is 0 Å². The molecule has 2 aromatic carbocycles. The number of anilines is 1. The Morgan fingerprint density at radius 2 is 1.88 bits per heavy atom. The summed E-state index contributed by atoms with van der Waals surface area (Å²) in [7, 11) is 0. The number of carbonyl (C=O) groups is 1. The largest absolute Gasteiger partial charge is 0.487 e. The van der Waals surface area contributed by atoms with Crippen LogP contribution in [0.2, 0.25) is 0 Å². The predicted octanol–water partition coefficient (Wildman–Crippen LogP) is 4.53. The van der Waals surface area contributed by atoms with Crippen molar-refractivity contribution in [3.05, 3.63) is 70.7 Å². The maximum absolute atomic E-state index is 12.3. The average molecular weight is 405 g/mol. The van der Waals surface area contributed by atoms with E-state index in [-0.39, 0.29) is 11.0 Å². The number of amides is 1. The lowest BCUT2D eigenvalue weighted by Gasteiger charge is -2.14. The lowest BCUT2D eigenvalue weighted by molar-refractivity contribution is 0.0977. The summed E-state index contributed by atoms with van der Waals surface area (Å²) in [5, 5.41) is 5.84. The number of thiocarbonyl (C=S) groups is 1. The predicted molar refractivity (Wildman–Crippen MR) is 105 cm³/mol. The first-order valence-corrected chi connectivity index (χ1v) is 8.40. The average Bonchev–Trinajstić information content (AvgIpc) is 2.54. The highest BCUT2D eigenvalue weighted by atomic mass is 79.9. The molecule has 0 saturated carbocycles. The van der Waals surface area contributed by atoms with Crippen LogP contribution in [0.4, 0.5) is 5.69 Å². The zero-order chi connectivity index (χ0) is 17.5. The molecule has 2 aromatic rings. The van der Waals surface area contributed by atoms with Gasteiger partial charge >= 0.3 is 0 Å². The summed E-state index contributed by atoms with van der Waals surface area (Å²) in [6.45, 7) is 6.11. The molecule has 0 spiro atoms. The van der Waals surface area contributed by atoms with E-state index in [1.165, 1.54) is 0 Å². The van der Waals surface area contributed by atoms with Crippen LogP contribution in [0.15, 0.2) is 65.2 Å². The summed E-state index contributed by atoms with van der Waals surface area (Å²) in [4.78, 5) is 12.3. The minimum Gasteiger partial charge on any atom is -0.487 e. The Morgan fingerprint density at radius 3 is 2.58 bits per heavy atom. The highest BCUT2D eigenvalue weighted by Gasteiger charge is 2.12. The fourth-order valence-electron chi connectivity index (χ4n) is 1.87. The molecule has 6 heteroatoms. The van der Waals surface area contributed by atoms with Gasteiger partial charge in [0.05, 0.1) is 11.3 Å². The van der Waals surface area contributed by atoms with E-state index in [9.17, 15) is 4.79 Å². The second-order valence-electron chi connectivity index (χ2n) is 5.13. The second-order valence-corrected chi connectivity index (χ2v) is 6.39. The number of para-hydroxylation sites is 2. The van der Waals surface area contributed by atoms with Crippen molar-refractivity contribution in [1.29, 1.82) is 0 Å². The van der Waals surface area contributed by atoms with Crippen molar-refractivity contribution in [3.63, 3.8) is 0 Å². The first-order valence-electron chi connectivity index (χ1n) is 7.20. The third-order valence-corrected chi connectivity index (χ3v) is 3.85. The van der Waals surface area contributed by atoms with Crippen molar-refractivity contribution in [1.82, 2.24) is 5.32 Å². The third kappa shape index (κ3) is 5.18. The maximum Gasteiger partial charge on any atom is 0.258 e. The van der Waals surface area contributed by atoms with Gasteiger partial charge in [0, 0.05) is 4.47 Å². The van der Waals surface area contributed by atoms with Gasteiger partial charge in [-0.15, -0.1) is 0 Å². The van der Waals surface area contributed by atoms with Crippen molar-refractivity contribution in [3.8, 4) is 5.75 Å². The highest BCUT2D eigenvalue weighted by molar-refractivity contribution is 9.10. The van der Waals surface area contributed by atoms with Gasteiger partial charge in [0.2, 0.25) is 0 Å². The molecule has 4 nitrogen and oxygen atoms in total. The zero-order valence-electron chi connectivity index (χ0n) is 13.1. The minimum atomic E-state index is -0.291. The van der Waals surface area contributed by atoms with Gasteiger partial charge in [-0.1, -0.05) is 30.8 Å². The fourth-order valence-corrected chi connectivity index (χ4v) is 2.53. The first kappa shape index (κ1) is 18.2. The van der Waals surface area contributed by atoms with Crippen LogP contribution in [-0.4, -0.2) is 17.6 Å². The summed E-state index contributed by atoms with van der Waals surface area (Å²) in [5.74, 6) is 0.346. The number of carbonyl (C=O) groups excluding carboxylic acids is 1. The van der Waals surface area contributed by atoms with E-state index >= 15 is 0 Å². The van der Waals surface area contributed by atoms with Gasteiger partial charge in [-0.3, -0.25) is 10.1 Å². The number of rotatable bonds is 5. The molecule has 0 fully saturated rings. The molecule has 0 aliphatic heterocycles. The first-order chi connectivity index (χ1) is 11.5. The Balaban J connectivity index is 2.04. The molecule has 0 bridgehead atoms. The normalized spacial score (nSPS) is 9.92. The van der Waals surface area contributed by atoms with E-state index in [0.717, 1.165) is 5.57 Å². The Morgan fingerprint density at radius 1 is 1.21 bits per heavy atom. The van der Waals surface area contributed by atoms with Gasteiger partial charge in [0.1, 0.15) is 12.4 Å². The van der Waals surface area contributed by atoms with Crippen molar-refractivity contribution < 1.29 is 9.53 Å². The molecule has 0 unspecified atom stereocenters. The molecule has 2 rings (SSSR count). The van der Waals surface area contributed by atoms with Crippen molar-refractivity contribution >= 4 is 44.9 Å². The Kier molecular flexibility index (Phi) is 6.52. The lowest BCUT2D eigenvalue weighted by Crippen LogP contribution is -2.34. The van der Waals surface area contributed by atoms with Gasteiger partial charge < -0.3 is 10.1 Å². The number of ether oxygens (including phenoxy) is 1. The summed E-state index contributed by atoms with van der Waals surface area (Å²) in [5.41, 5.74) is 2.10. The molecule has 0 aliphatic carbocycles. The molecule has 0 heterocycles.